The first-order chi connectivity index (χ1) is 17.2. The van der Waals surface area contributed by atoms with Gasteiger partial charge in [-0.3, -0.25) is 9.80 Å². The molecule has 14 heteroatoms. The van der Waals surface area contributed by atoms with Crippen molar-refractivity contribution in [2.45, 2.75) is 37.3 Å². The SMILES string of the molecule is COCCN1C[C@@H]2[C@@H](OC)CCN(CCc3ccccc3)[C@@H]2C1.O=C(O)C(F)(F)F.O=C(O)C(F)(F)F. The highest BCUT2D eigenvalue weighted by atomic mass is 19.4. The fraction of sp³-hybridized carbons (Fsp3) is 0.652. The molecule has 2 aliphatic rings. The van der Waals surface area contributed by atoms with Gasteiger partial charge in [-0.15, -0.1) is 0 Å². The lowest BCUT2D eigenvalue weighted by molar-refractivity contribution is -0.193. The van der Waals surface area contributed by atoms with E-state index in [1.165, 1.54) is 5.56 Å². The van der Waals surface area contributed by atoms with Gasteiger partial charge in [-0.1, -0.05) is 30.3 Å². The number of ether oxygens (including phenoxy) is 2. The van der Waals surface area contributed by atoms with E-state index in [1.54, 1.807) is 7.11 Å². The number of aliphatic carboxylic acids is 2. The van der Waals surface area contributed by atoms with Crippen LogP contribution in [0.25, 0.3) is 0 Å². The number of hydrogen-bond acceptors (Lipinski definition) is 6. The molecule has 0 aliphatic carbocycles. The summed E-state index contributed by atoms with van der Waals surface area (Å²) in [6.07, 6.45) is -7.45. The minimum atomic E-state index is -5.08. The van der Waals surface area contributed by atoms with Crippen molar-refractivity contribution in [3.05, 3.63) is 35.9 Å². The number of piperidine rings is 1. The maximum Gasteiger partial charge on any atom is 0.490 e. The molecule has 2 N–H and O–H groups in total. The molecular formula is C23H32F6N2O6. The highest BCUT2D eigenvalue weighted by Gasteiger charge is 2.44. The summed E-state index contributed by atoms with van der Waals surface area (Å²) in [4.78, 5) is 23.0. The standard InChI is InChI=1S/C19H30N2O2.2C2HF3O2/c1-22-13-12-20-14-17-18(15-20)21(11-9-19(17)23-2)10-8-16-6-4-3-5-7-16;2*3-2(4,5)1(6)7/h3-7,17-19H,8-15H2,1-2H3;2*(H,6,7)/t17-,18+,19-;;/m0../s1. The zero-order valence-corrected chi connectivity index (χ0v) is 20.5. The molecule has 8 nitrogen and oxygen atoms in total. The lowest BCUT2D eigenvalue weighted by Crippen LogP contribution is -2.51. The van der Waals surface area contributed by atoms with Crippen molar-refractivity contribution in [1.82, 2.24) is 9.80 Å². The van der Waals surface area contributed by atoms with Gasteiger partial charge in [0.2, 0.25) is 0 Å². The van der Waals surface area contributed by atoms with Crippen LogP contribution in [0.15, 0.2) is 30.3 Å². The molecule has 0 aromatic heterocycles. The maximum atomic E-state index is 10.6. The molecule has 2 fully saturated rings. The van der Waals surface area contributed by atoms with Crippen molar-refractivity contribution in [2.75, 3.05) is 53.6 Å². The Hall–Kier alpha value is -2.42. The highest BCUT2D eigenvalue weighted by molar-refractivity contribution is 5.73. The Labute approximate surface area is 210 Å². The Morgan fingerprint density at radius 3 is 1.95 bits per heavy atom. The van der Waals surface area contributed by atoms with Crippen molar-refractivity contribution >= 4 is 11.9 Å². The zero-order valence-electron chi connectivity index (χ0n) is 20.5. The molecular weight excluding hydrogens is 514 g/mol. The summed E-state index contributed by atoms with van der Waals surface area (Å²) in [6, 6.07) is 11.5. The minimum Gasteiger partial charge on any atom is -0.475 e. The summed E-state index contributed by atoms with van der Waals surface area (Å²) in [5.74, 6) is -4.87. The average Bonchev–Trinajstić information content (AvgIpc) is 3.26. The first kappa shape index (κ1) is 32.6. The monoisotopic (exact) mass is 546 g/mol. The van der Waals surface area contributed by atoms with Crippen LogP contribution in [-0.4, -0.2) is 110 Å². The molecule has 2 heterocycles. The van der Waals surface area contributed by atoms with Crippen LogP contribution in [0, 0.1) is 5.92 Å². The van der Waals surface area contributed by atoms with Crippen LogP contribution in [0.5, 0.6) is 0 Å². The fourth-order valence-electron chi connectivity index (χ4n) is 4.21. The minimum absolute atomic E-state index is 0.417. The molecule has 3 rings (SSSR count). The predicted molar refractivity (Wildman–Crippen MR) is 120 cm³/mol. The Balaban J connectivity index is 0.000000404. The zero-order chi connectivity index (χ0) is 28.2. The molecule has 0 unspecified atom stereocenters. The van der Waals surface area contributed by atoms with Crippen molar-refractivity contribution in [1.29, 1.82) is 0 Å². The molecule has 2 saturated heterocycles. The smallest absolute Gasteiger partial charge is 0.475 e. The summed E-state index contributed by atoms with van der Waals surface area (Å²) in [6.45, 7) is 6.47. The number of carboxylic acids is 2. The first-order valence-electron chi connectivity index (χ1n) is 11.3. The van der Waals surface area contributed by atoms with Gasteiger partial charge in [0.05, 0.1) is 12.7 Å². The number of benzene rings is 1. The molecule has 0 radical (unpaired) electrons. The topological polar surface area (TPSA) is 99.5 Å². The number of likely N-dealkylation sites (tertiary alicyclic amines) is 2. The summed E-state index contributed by atoms with van der Waals surface area (Å²) in [5.41, 5.74) is 1.44. The number of carboxylic acid groups (broad SMARTS) is 2. The second kappa shape index (κ2) is 15.1. The number of carbonyl (C=O) groups is 2. The molecule has 212 valence electrons. The van der Waals surface area contributed by atoms with Gasteiger partial charge < -0.3 is 19.7 Å². The molecule has 1 aromatic carbocycles. The van der Waals surface area contributed by atoms with Gasteiger partial charge in [-0.2, -0.15) is 26.3 Å². The van der Waals surface area contributed by atoms with Crippen molar-refractivity contribution in [3.63, 3.8) is 0 Å². The summed E-state index contributed by atoms with van der Waals surface area (Å²) in [7, 11) is 3.66. The van der Waals surface area contributed by atoms with Gasteiger partial charge >= 0.3 is 24.3 Å². The lowest BCUT2D eigenvalue weighted by Gasteiger charge is -2.41. The van der Waals surface area contributed by atoms with Crippen LogP contribution in [0.4, 0.5) is 26.3 Å². The maximum absolute atomic E-state index is 10.6. The second-order valence-corrected chi connectivity index (χ2v) is 8.42. The Morgan fingerprint density at radius 2 is 1.49 bits per heavy atom. The van der Waals surface area contributed by atoms with E-state index >= 15 is 0 Å². The van der Waals surface area contributed by atoms with Gasteiger partial charge in [0.15, 0.2) is 0 Å². The third-order valence-electron chi connectivity index (χ3n) is 5.99. The van der Waals surface area contributed by atoms with Gasteiger partial charge in [0, 0.05) is 58.9 Å². The largest absolute Gasteiger partial charge is 0.490 e. The van der Waals surface area contributed by atoms with Gasteiger partial charge in [0.1, 0.15) is 0 Å². The van der Waals surface area contributed by atoms with E-state index in [0.29, 0.717) is 18.1 Å². The van der Waals surface area contributed by atoms with Gasteiger partial charge in [0.25, 0.3) is 0 Å². The molecule has 0 bridgehead atoms. The van der Waals surface area contributed by atoms with Crippen LogP contribution in [0.1, 0.15) is 12.0 Å². The molecule has 0 saturated carbocycles. The number of hydrogen-bond donors (Lipinski definition) is 2. The summed E-state index contributed by atoms with van der Waals surface area (Å²) >= 11 is 0. The van der Waals surface area contributed by atoms with Crippen LogP contribution in [0.2, 0.25) is 0 Å². The van der Waals surface area contributed by atoms with E-state index < -0.39 is 24.3 Å². The molecule has 2 aliphatic heterocycles. The Morgan fingerprint density at radius 1 is 0.946 bits per heavy atom. The van der Waals surface area contributed by atoms with Crippen molar-refractivity contribution < 1.29 is 55.6 Å². The van der Waals surface area contributed by atoms with E-state index in [0.717, 1.165) is 52.2 Å². The number of methoxy groups -OCH3 is 2. The average molecular weight is 547 g/mol. The summed E-state index contributed by atoms with van der Waals surface area (Å²) in [5, 5.41) is 14.2. The van der Waals surface area contributed by atoms with Crippen LogP contribution in [-0.2, 0) is 25.5 Å². The molecule has 3 atom stereocenters. The second-order valence-electron chi connectivity index (χ2n) is 8.42. The van der Waals surface area contributed by atoms with Crippen molar-refractivity contribution in [2.24, 2.45) is 5.92 Å². The van der Waals surface area contributed by atoms with Crippen LogP contribution in [0.3, 0.4) is 0 Å². The van der Waals surface area contributed by atoms with E-state index in [4.69, 9.17) is 29.3 Å². The lowest BCUT2D eigenvalue weighted by atomic mass is 9.88. The van der Waals surface area contributed by atoms with Gasteiger partial charge in [-0.05, 0) is 18.4 Å². The molecule has 0 amide bonds. The molecule has 0 spiro atoms. The third kappa shape index (κ3) is 11.7. The van der Waals surface area contributed by atoms with E-state index in [-0.39, 0.29) is 0 Å². The molecule has 37 heavy (non-hydrogen) atoms. The number of alkyl halides is 6. The van der Waals surface area contributed by atoms with E-state index in [2.05, 4.69) is 40.1 Å². The normalized spacial score (nSPS) is 22.2. The molecule has 1 aromatic rings. The first-order valence-corrected chi connectivity index (χ1v) is 11.3. The number of halogens is 6. The van der Waals surface area contributed by atoms with Crippen LogP contribution >= 0.6 is 0 Å². The number of nitrogens with zero attached hydrogens (tertiary/aromatic N) is 2. The summed E-state index contributed by atoms with van der Waals surface area (Å²) < 4.78 is 74.5. The quantitative estimate of drug-likeness (QED) is 0.504. The Bertz CT molecular complexity index is 800. The highest BCUT2D eigenvalue weighted by Crippen LogP contribution is 2.32. The number of fused-ring (bicyclic) bond motifs is 1. The van der Waals surface area contributed by atoms with Gasteiger partial charge in [-0.25, -0.2) is 9.59 Å². The third-order valence-corrected chi connectivity index (χ3v) is 5.99. The Kier molecular flexibility index (Phi) is 13.3. The predicted octanol–water partition coefficient (Wildman–Crippen LogP) is 3.16. The number of rotatable bonds is 7. The van der Waals surface area contributed by atoms with E-state index in [1.807, 2.05) is 7.11 Å². The van der Waals surface area contributed by atoms with E-state index in [9.17, 15) is 26.3 Å². The van der Waals surface area contributed by atoms with Crippen LogP contribution < -0.4 is 0 Å². The fourth-order valence-corrected chi connectivity index (χ4v) is 4.21. The van der Waals surface area contributed by atoms with Crippen molar-refractivity contribution in [3.8, 4) is 0 Å².